The molecule has 0 aromatic carbocycles. The van der Waals surface area contributed by atoms with Gasteiger partial charge < -0.3 is 4.90 Å². The van der Waals surface area contributed by atoms with E-state index in [1.807, 2.05) is 6.08 Å². The molecule has 1 N–H and O–H groups in total. The van der Waals surface area contributed by atoms with Crippen molar-refractivity contribution in [3.8, 4) is 0 Å². The average Bonchev–Trinajstić information content (AvgIpc) is 2.53. The van der Waals surface area contributed by atoms with Gasteiger partial charge in [-0.2, -0.15) is 21.6 Å². The van der Waals surface area contributed by atoms with Crippen LogP contribution in [0.5, 0.6) is 0 Å². The molecule has 0 spiro atoms. The molecule has 118 valence electrons. The predicted octanol–water partition coefficient (Wildman–Crippen LogP) is 2.42. The monoisotopic (exact) mass is 342 g/mol. The summed E-state index contributed by atoms with van der Waals surface area (Å²) >= 11 is 1.69. The molecule has 0 radical (unpaired) electrons. The van der Waals surface area contributed by atoms with Crippen LogP contribution in [0.25, 0.3) is 0 Å². The lowest BCUT2D eigenvalue weighted by Gasteiger charge is -2.15. The molecule has 0 aromatic heterocycles. The van der Waals surface area contributed by atoms with Crippen LogP contribution in [0.1, 0.15) is 0 Å². The maximum atomic E-state index is 10.7. The van der Waals surface area contributed by atoms with Crippen LogP contribution in [0, 0.1) is 0 Å². The molecule has 0 fully saturated rings. The third kappa shape index (κ3) is 4.61. The Kier molecular flexibility index (Phi) is 5.65. The van der Waals surface area contributed by atoms with Crippen LogP contribution in [0.3, 0.4) is 0 Å². The number of rotatable bonds is 0. The largest absolute Gasteiger partial charge is 0.522 e. The first-order chi connectivity index (χ1) is 9.58. The van der Waals surface area contributed by atoms with E-state index < -0.39 is 15.6 Å². The normalized spacial score (nSPS) is 21.0. The number of allylic oxidation sites excluding steroid dienone is 4. The fraction of sp³-hybridized carbons (Fsp3) is 0.364. The van der Waals surface area contributed by atoms with Gasteiger partial charge in [0.1, 0.15) is 6.04 Å². The summed E-state index contributed by atoms with van der Waals surface area (Å²) in [5.74, 6) is 0. The van der Waals surface area contributed by atoms with Gasteiger partial charge in [0.15, 0.2) is 5.17 Å². The van der Waals surface area contributed by atoms with Crippen molar-refractivity contribution >= 4 is 27.0 Å². The molecule has 2 aliphatic rings. The number of likely N-dealkylation sites (N-methyl/N-ethyl adjacent to an activating group) is 1. The van der Waals surface area contributed by atoms with E-state index in [1.54, 1.807) is 11.8 Å². The molecular weight excluding hydrogens is 329 g/mol. The van der Waals surface area contributed by atoms with Crippen LogP contribution >= 0.6 is 11.8 Å². The van der Waals surface area contributed by atoms with Gasteiger partial charge in [-0.15, -0.1) is 0 Å². The summed E-state index contributed by atoms with van der Waals surface area (Å²) in [7, 11) is -3.78. The number of thioether (sulfide) groups is 1. The number of aliphatic imine (C=N–C) groups is 1. The van der Waals surface area contributed by atoms with Crippen molar-refractivity contribution in [3.05, 3.63) is 36.1 Å². The minimum absolute atomic E-state index is 0.224. The van der Waals surface area contributed by atoms with Crippen molar-refractivity contribution in [2.75, 3.05) is 13.3 Å². The topological polar surface area (TPSA) is 70.0 Å². The lowest BCUT2D eigenvalue weighted by atomic mass is 10.2. The summed E-state index contributed by atoms with van der Waals surface area (Å²) in [4.78, 5) is 6.73. The molecule has 1 heterocycles. The number of fused-ring (bicyclic) bond motifs is 1. The molecule has 1 atom stereocenters. The molecule has 1 aliphatic heterocycles. The Morgan fingerprint density at radius 3 is 2.38 bits per heavy atom. The van der Waals surface area contributed by atoms with E-state index in [1.165, 1.54) is 5.70 Å². The summed E-state index contributed by atoms with van der Waals surface area (Å²) in [6.45, 7) is 0. The minimum atomic E-state index is -5.84. The Hall–Kier alpha value is -1.26. The molecular formula is C11H13F3N2O3S2. The van der Waals surface area contributed by atoms with Crippen LogP contribution in [-0.2, 0) is 10.1 Å². The molecule has 0 aromatic rings. The van der Waals surface area contributed by atoms with E-state index in [9.17, 15) is 13.2 Å². The van der Waals surface area contributed by atoms with Crippen molar-refractivity contribution in [1.82, 2.24) is 4.90 Å². The summed E-state index contributed by atoms with van der Waals surface area (Å²) in [6, 6.07) is 0.224. The van der Waals surface area contributed by atoms with E-state index in [2.05, 4.69) is 47.5 Å². The molecule has 0 saturated carbocycles. The van der Waals surface area contributed by atoms with E-state index in [4.69, 9.17) is 13.0 Å². The third-order valence-corrected chi connectivity index (χ3v) is 3.81. The van der Waals surface area contributed by atoms with Gasteiger partial charge >= 0.3 is 15.6 Å². The number of amidine groups is 1. The summed E-state index contributed by atoms with van der Waals surface area (Å²) < 4.78 is 57.5. The Morgan fingerprint density at radius 1 is 1.33 bits per heavy atom. The quantitative estimate of drug-likeness (QED) is 0.541. The summed E-state index contributed by atoms with van der Waals surface area (Å²) in [5.41, 5.74) is -4.28. The zero-order chi connectivity index (χ0) is 16.3. The van der Waals surface area contributed by atoms with E-state index in [-0.39, 0.29) is 6.04 Å². The number of hydrogen-bond acceptors (Lipinski definition) is 5. The van der Waals surface area contributed by atoms with E-state index >= 15 is 0 Å². The molecule has 5 nitrogen and oxygen atoms in total. The van der Waals surface area contributed by atoms with Gasteiger partial charge in [0.05, 0.1) is 0 Å². The number of halogens is 3. The molecule has 1 unspecified atom stereocenters. The van der Waals surface area contributed by atoms with Gasteiger partial charge in [-0.25, -0.2) is 4.99 Å². The highest BCUT2D eigenvalue weighted by molar-refractivity contribution is 8.13. The SMILES string of the molecule is CSC1=NC2C=CC=CC=C2N1C.O=S(=O)(O)C(F)(F)F. The number of nitrogens with zero attached hydrogens (tertiary/aromatic N) is 2. The number of alkyl halides is 3. The second-order valence-electron chi connectivity index (χ2n) is 3.90. The first-order valence-corrected chi connectivity index (χ1v) is 8.18. The van der Waals surface area contributed by atoms with Gasteiger partial charge in [-0.3, -0.25) is 4.55 Å². The highest BCUT2D eigenvalue weighted by Gasteiger charge is 2.44. The Bertz CT molecular complexity index is 607. The molecule has 0 amide bonds. The molecule has 1 aliphatic carbocycles. The maximum Gasteiger partial charge on any atom is 0.522 e. The predicted molar refractivity (Wildman–Crippen MR) is 76.5 cm³/mol. The molecule has 21 heavy (non-hydrogen) atoms. The average molecular weight is 342 g/mol. The van der Waals surface area contributed by atoms with Crippen molar-refractivity contribution in [2.24, 2.45) is 4.99 Å². The molecule has 0 saturated heterocycles. The van der Waals surface area contributed by atoms with E-state index in [0.29, 0.717) is 0 Å². The second-order valence-corrected chi connectivity index (χ2v) is 6.09. The lowest BCUT2D eigenvalue weighted by molar-refractivity contribution is -0.0510. The first kappa shape index (κ1) is 17.8. The van der Waals surface area contributed by atoms with Crippen molar-refractivity contribution in [2.45, 2.75) is 11.6 Å². The Morgan fingerprint density at radius 2 is 1.90 bits per heavy atom. The minimum Gasteiger partial charge on any atom is -0.326 e. The van der Waals surface area contributed by atoms with Gasteiger partial charge in [0, 0.05) is 12.7 Å². The molecule has 10 heteroatoms. The van der Waals surface area contributed by atoms with Crippen LogP contribution in [0.4, 0.5) is 13.2 Å². The van der Waals surface area contributed by atoms with Crippen LogP contribution in [0.2, 0.25) is 0 Å². The molecule has 0 bridgehead atoms. The van der Waals surface area contributed by atoms with Gasteiger partial charge in [0.2, 0.25) is 0 Å². The fourth-order valence-electron chi connectivity index (χ4n) is 1.51. The second kappa shape index (κ2) is 6.67. The first-order valence-electron chi connectivity index (χ1n) is 5.52. The van der Waals surface area contributed by atoms with Gasteiger partial charge in [-0.1, -0.05) is 36.1 Å². The highest BCUT2D eigenvalue weighted by Crippen LogP contribution is 2.26. The van der Waals surface area contributed by atoms with Crippen molar-refractivity contribution in [1.29, 1.82) is 0 Å². The van der Waals surface area contributed by atoms with Gasteiger partial charge in [0.25, 0.3) is 0 Å². The Labute approximate surface area is 124 Å². The number of hydrogen-bond donors (Lipinski definition) is 1. The maximum absolute atomic E-state index is 10.7. The zero-order valence-corrected chi connectivity index (χ0v) is 12.7. The molecule has 2 rings (SSSR count). The summed E-state index contributed by atoms with van der Waals surface area (Å²) in [6.07, 6.45) is 12.4. The fourth-order valence-corrected chi connectivity index (χ4v) is 2.11. The van der Waals surface area contributed by atoms with E-state index in [0.717, 1.165) is 5.17 Å². The van der Waals surface area contributed by atoms with Crippen LogP contribution in [-0.4, -0.2) is 47.9 Å². The zero-order valence-electron chi connectivity index (χ0n) is 11.1. The smallest absolute Gasteiger partial charge is 0.326 e. The summed E-state index contributed by atoms with van der Waals surface area (Å²) in [5, 5.41) is 1.09. The Balaban J connectivity index is 0.000000240. The van der Waals surface area contributed by atoms with Crippen molar-refractivity contribution < 1.29 is 26.1 Å². The standard InChI is InChI=1S/C10H12N2S.CHF3O3S/c1-12-9-7-5-3-4-6-8(9)11-10(12)13-2;2-1(3,4)8(5,6)7/h3-8H,1-2H3;(H,5,6,7). The van der Waals surface area contributed by atoms with Crippen LogP contribution in [0.15, 0.2) is 41.1 Å². The highest BCUT2D eigenvalue weighted by atomic mass is 32.2. The van der Waals surface area contributed by atoms with Crippen LogP contribution < -0.4 is 0 Å². The lowest BCUT2D eigenvalue weighted by Crippen LogP contribution is -2.21. The van der Waals surface area contributed by atoms with Gasteiger partial charge in [-0.05, 0) is 12.3 Å². The third-order valence-electron chi connectivity index (χ3n) is 2.48. The van der Waals surface area contributed by atoms with Crippen molar-refractivity contribution in [3.63, 3.8) is 0 Å².